The fourth-order valence-corrected chi connectivity index (χ4v) is 3.34. The minimum atomic E-state index is -0.0490. The van der Waals surface area contributed by atoms with Gasteiger partial charge < -0.3 is 11.1 Å². The molecule has 1 aliphatic rings. The van der Waals surface area contributed by atoms with Gasteiger partial charge in [-0.1, -0.05) is 42.5 Å². The van der Waals surface area contributed by atoms with E-state index >= 15 is 0 Å². The molecule has 4 heteroatoms. The Morgan fingerprint density at radius 3 is 2.50 bits per heavy atom. The summed E-state index contributed by atoms with van der Waals surface area (Å²) in [5, 5.41) is 3.16. The molecule has 1 aliphatic heterocycles. The number of anilines is 1. The first-order valence-corrected chi connectivity index (χ1v) is 8.55. The van der Waals surface area contributed by atoms with Crippen LogP contribution in [0.1, 0.15) is 34.3 Å². The van der Waals surface area contributed by atoms with Crippen molar-refractivity contribution in [3.63, 3.8) is 0 Å². The Morgan fingerprint density at radius 2 is 1.83 bits per heavy atom. The zero-order valence-electron chi connectivity index (χ0n) is 14.2. The van der Waals surface area contributed by atoms with Crippen LogP contribution in [0.3, 0.4) is 0 Å². The van der Waals surface area contributed by atoms with Gasteiger partial charge in [0.25, 0.3) is 5.91 Å². The minimum absolute atomic E-state index is 0.0490. The molecule has 0 spiro atoms. The van der Waals surface area contributed by atoms with Crippen LogP contribution < -0.4 is 11.1 Å². The first kappa shape index (κ1) is 16.5. The lowest BCUT2D eigenvalue weighted by molar-refractivity contribution is 0.0909. The largest absolute Gasteiger partial charge is 0.398 e. The van der Waals surface area contributed by atoms with E-state index in [2.05, 4.69) is 34.5 Å². The Labute approximate surface area is 143 Å². The summed E-state index contributed by atoms with van der Waals surface area (Å²) in [5.74, 6) is -0.0490. The minimum Gasteiger partial charge on any atom is -0.398 e. The highest BCUT2D eigenvalue weighted by atomic mass is 16.1. The molecule has 1 amide bonds. The number of nitrogens with one attached hydrogen (secondary N) is 1. The van der Waals surface area contributed by atoms with Gasteiger partial charge in [0.15, 0.2) is 0 Å². The number of carbonyl (C=O) groups is 1. The third-order valence-electron chi connectivity index (χ3n) is 4.70. The molecule has 2 aromatic rings. The maximum atomic E-state index is 12.5. The first-order valence-electron chi connectivity index (χ1n) is 8.55. The molecule has 3 N–H and O–H groups in total. The van der Waals surface area contributed by atoms with Gasteiger partial charge in [-0.15, -0.1) is 0 Å². The maximum absolute atomic E-state index is 12.5. The van der Waals surface area contributed by atoms with Crippen LogP contribution in [0, 0.1) is 6.92 Å². The Balaban J connectivity index is 1.53. The number of nitrogens with two attached hydrogens (primary N) is 1. The lowest BCUT2D eigenvalue weighted by atomic mass is 10.0. The van der Waals surface area contributed by atoms with Gasteiger partial charge in [0, 0.05) is 31.4 Å². The molecule has 24 heavy (non-hydrogen) atoms. The summed E-state index contributed by atoms with van der Waals surface area (Å²) in [7, 11) is 0. The van der Waals surface area contributed by atoms with Crippen LogP contribution in [0.5, 0.6) is 0 Å². The van der Waals surface area contributed by atoms with Crippen LogP contribution in [0.15, 0.2) is 48.5 Å². The van der Waals surface area contributed by atoms with Crippen LogP contribution in [0.25, 0.3) is 0 Å². The predicted octanol–water partition coefficient (Wildman–Crippen LogP) is 2.97. The molecule has 0 aromatic heterocycles. The first-order chi connectivity index (χ1) is 11.6. The number of nitrogens with zero attached hydrogens (tertiary/aromatic N) is 1. The van der Waals surface area contributed by atoms with E-state index in [9.17, 15) is 4.79 Å². The summed E-state index contributed by atoms with van der Waals surface area (Å²) >= 11 is 0. The van der Waals surface area contributed by atoms with Crippen molar-refractivity contribution in [1.29, 1.82) is 0 Å². The molecule has 0 unspecified atom stereocenters. The summed E-state index contributed by atoms with van der Waals surface area (Å²) in [4.78, 5) is 15.0. The summed E-state index contributed by atoms with van der Waals surface area (Å²) in [6, 6.07) is 16.3. The van der Waals surface area contributed by atoms with Gasteiger partial charge in [-0.2, -0.15) is 0 Å². The van der Waals surface area contributed by atoms with Crippen molar-refractivity contribution in [3.05, 3.63) is 65.2 Å². The Hall–Kier alpha value is -2.33. The molecule has 0 aliphatic carbocycles. The number of piperidine rings is 1. The molecule has 1 saturated heterocycles. The molecule has 1 fully saturated rings. The Bertz CT molecular complexity index is 671. The van der Waals surface area contributed by atoms with Crippen LogP contribution in [0.2, 0.25) is 0 Å². The molecule has 126 valence electrons. The van der Waals surface area contributed by atoms with E-state index in [0.717, 1.165) is 38.0 Å². The van der Waals surface area contributed by atoms with E-state index in [1.54, 1.807) is 6.07 Å². The molecule has 0 saturated carbocycles. The van der Waals surface area contributed by atoms with Crippen LogP contribution in [-0.4, -0.2) is 29.9 Å². The highest BCUT2D eigenvalue weighted by molar-refractivity contribution is 6.00. The van der Waals surface area contributed by atoms with E-state index in [-0.39, 0.29) is 11.9 Å². The number of amides is 1. The number of benzene rings is 2. The van der Waals surface area contributed by atoms with Gasteiger partial charge in [0.1, 0.15) is 0 Å². The van der Waals surface area contributed by atoms with Gasteiger partial charge in [-0.05, 0) is 37.0 Å². The SMILES string of the molecule is Cc1cccc(N)c1C(=O)NC1CCN(Cc2ccccc2)CC1. The van der Waals surface area contributed by atoms with Crippen molar-refractivity contribution in [1.82, 2.24) is 10.2 Å². The Morgan fingerprint density at radius 1 is 1.12 bits per heavy atom. The van der Waals surface area contributed by atoms with Gasteiger partial charge in [-0.25, -0.2) is 0 Å². The lowest BCUT2D eigenvalue weighted by Crippen LogP contribution is -2.44. The van der Waals surface area contributed by atoms with E-state index in [1.807, 2.05) is 25.1 Å². The standard InChI is InChI=1S/C20H25N3O/c1-15-6-5-9-18(21)19(15)20(24)22-17-10-12-23(13-11-17)14-16-7-3-2-4-8-16/h2-9,17H,10-14,21H2,1H3,(H,22,24). The number of rotatable bonds is 4. The van der Waals surface area contributed by atoms with Crippen molar-refractivity contribution in [2.24, 2.45) is 0 Å². The second kappa shape index (κ2) is 7.49. The quantitative estimate of drug-likeness (QED) is 0.851. The van der Waals surface area contributed by atoms with Gasteiger partial charge in [-0.3, -0.25) is 9.69 Å². The van der Waals surface area contributed by atoms with Crippen molar-refractivity contribution in [3.8, 4) is 0 Å². The molecule has 3 rings (SSSR count). The number of nitrogen functional groups attached to an aromatic ring is 1. The van der Waals surface area contributed by atoms with Crippen LogP contribution >= 0.6 is 0 Å². The third-order valence-corrected chi connectivity index (χ3v) is 4.70. The molecule has 1 heterocycles. The van der Waals surface area contributed by atoms with E-state index in [1.165, 1.54) is 5.56 Å². The van der Waals surface area contributed by atoms with Crippen molar-refractivity contribution in [2.45, 2.75) is 32.4 Å². The van der Waals surface area contributed by atoms with Gasteiger partial charge in [0.05, 0.1) is 5.56 Å². The fraction of sp³-hybridized carbons (Fsp3) is 0.350. The number of likely N-dealkylation sites (tertiary alicyclic amines) is 1. The van der Waals surface area contributed by atoms with Crippen molar-refractivity contribution >= 4 is 11.6 Å². The lowest BCUT2D eigenvalue weighted by Gasteiger charge is -2.32. The average Bonchev–Trinajstić information content (AvgIpc) is 2.57. The second-order valence-electron chi connectivity index (χ2n) is 6.55. The molecular weight excluding hydrogens is 298 g/mol. The van der Waals surface area contributed by atoms with Crippen LogP contribution in [-0.2, 0) is 6.54 Å². The molecular formula is C20H25N3O. The highest BCUT2D eigenvalue weighted by Gasteiger charge is 2.22. The second-order valence-corrected chi connectivity index (χ2v) is 6.55. The number of carbonyl (C=O) groups excluding carboxylic acids is 1. The zero-order chi connectivity index (χ0) is 16.9. The normalized spacial score (nSPS) is 16.0. The average molecular weight is 323 g/mol. The number of hydrogen-bond donors (Lipinski definition) is 2. The van der Waals surface area contributed by atoms with Crippen molar-refractivity contribution in [2.75, 3.05) is 18.8 Å². The van der Waals surface area contributed by atoms with Crippen molar-refractivity contribution < 1.29 is 4.79 Å². The number of hydrogen-bond acceptors (Lipinski definition) is 3. The van der Waals surface area contributed by atoms with E-state index in [0.29, 0.717) is 11.3 Å². The predicted molar refractivity (Wildman–Crippen MR) is 97.8 cm³/mol. The molecule has 0 radical (unpaired) electrons. The molecule has 2 aromatic carbocycles. The topological polar surface area (TPSA) is 58.4 Å². The van der Waals surface area contributed by atoms with E-state index < -0.39 is 0 Å². The zero-order valence-corrected chi connectivity index (χ0v) is 14.2. The Kier molecular flexibility index (Phi) is 5.16. The fourth-order valence-electron chi connectivity index (χ4n) is 3.34. The monoisotopic (exact) mass is 323 g/mol. The smallest absolute Gasteiger partial charge is 0.253 e. The molecule has 4 nitrogen and oxygen atoms in total. The maximum Gasteiger partial charge on any atom is 0.253 e. The van der Waals surface area contributed by atoms with Crippen LogP contribution in [0.4, 0.5) is 5.69 Å². The molecule has 0 bridgehead atoms. The number of aryl methyl sites for hydroxylation is 1. The third kappa shape index (κ3) is 3.95. The van der Waals surface area contributed by atoms with E-state index in [4.69, 9.17) is 5.73 Å². The highest BCUT2D eigenvalue weighted by Crippen LogP contribution is 2.18. The summed E-state index contributed by atoms with van der Waals surface area (Å²) in [6.07, 6.45) is 1.95. The summed E-state index contributed by atoms with van der Waals surface area (Å²) < 4.78 is 0. The summed E-state index contributed by atoms with van der Waals surface area (Å²) in [5.41, 5.74) is 9.40. The van der Waals surface area contributed by atoms with Gasteiger partial charge in [0.2, 0.25) is 0 Å². The van der Waals surface area contributed by atoms with Gasteiger partial charge >= 0.3 is 0 Å². The molecule has 0 atom stereocenters. The summed E-state index contributed by atoms with van der Waals surface area (Å²) in [6.45, 7) is 4.91.